The van der Waals surface area contributed by atoms with Crippen molar-refractivity contribution in [2.45, 2.75) is 13.8 Å². The first kappa shape index (κ1) is 34.1. The Balaban J connectivity index is 1.42. The Kier molecular flexibility index (Phi) is 13.7. The van der Waals surface area contributed by atoms with Gasteiger partial charge in [-0.3, -0.25) is 9.59 Å². The Morgan fingerprint density at radius 3 is 1.41 bits per heavy atom. The summed E-state index contributed by atoms with van der Waals surface area (Å²) in [5.41, 5.74) is 8.52. The van der Waals surface area contributed by atoms with E-state index in [1.807, 2.05) is 50.3 Å². The third-order valence-electron chi connectivity index (χ3n) is 5.64. The first-order chi connectivity index (χ1) is 21.2. The van der Waals surface area contributed by atoms with Crippen molar-refractivity contribution in [3.63, 3.8) is 0 Å². The average Bonchev–Trinajstić information content (AvgIpc) is 3.00. The van der Waals surface area contributed by atoms with Gasteiger partial charge in [0.25, 0.3) is 11.8 Å². The largest absolute Gasteiger partial charge is 0.497 e. The molecule has 0 atom stereocenters. The fraction of sp³-hybridized carbons (Fsp3) is 0.188. The number of nitrogens with one attached hydrogen (secondary N) is 2. The lowest BCUT2D eigenvalue weighted by Gasteiger charge is -2.08. The standard InChI is InChI=1S/C32H32Br2N4O6/c1-21(17-35-37-31(39)19-43-29-11-9-25(41-3)15-27(29)33)13-23-5-7-24(8-6-23)14-22(2)18-36-38-32(40)20-44-30-12-10-26(42-4)16-28(30)34/h5-18H,19-20H2,1-4H3,(H,37,39)(H,38,40)/b21-13-,22-14-,35-17-,36-18-. The summed E-state index contributed by atoms with van der Waals surface area (Å²) in [6.07, 6.45) is 6.99. The highest BCUT2D eigenvalue weighted by Crippen LogP contribution is 2.30. The predicted octanol–water partition coefficient (Wildman–Crippen LogP) is 6.40. The fourth-order valence-electron chi connectivity index (χ4n) is 3.50. The molecule has 10 nitrogen and oxygen atoms in total. The highest BCUT2D eigenvalue weighted by atomic mass is 79.9. The predicted molar refractivity (Wildman–Crippen MR) is 179 cm³/mol. The van der Waals surface area contributed by atoms with Gasteiger partial charge in [-0.25, -0.2) is 10.9 Å². The summed E-state index contributed by atoms with van der Waals surface area (Å²) in [6, 6.07) is 18.3. The van der Waals surface area contributed by atoms with E-state index in [1.165, 1.54) is 0 Å². The maximum Gasteiger partial charge on any atom is 0.277 e. The molecule has 2 N–H and O–H groups in total. The van der Waals surface area contributed by atoms with Crippen molar-refractivity contribution in [1.82, 2.24) is 10.9 Å². The van der Waals surface area contributed by atoms with E-state index in [0.29, 0.717) is 31.9 Å². The summed E-state index contributed by atoms with van der Waals surface area (Å²) in [5, 5.41) is 7.98. The molecular formula is C32H32Br2N4O6. The summed E-state index contributed by atoms with van der Waals surface area (Å²) in [6.45, 7) is 3.38. The molecule has 0 saturated carbocycles. The van der Waals surface area contributed by atoms with Crippen molar-refractivity contribution in [3.05, 3.63) is 91.9 Å². The van der Waals surface area contributed by atoms with Crippen molar-refractivity contribution >= 4 is 68.3 Å². The van der Waals surface area contributed by atoms with E-state index in [4.69, 9.17) is 18.9 Å². The minimum atomic E-state index is -0.387. The molecule has 0 aromatic heterocycles. The summed E-state index contributed by atoms with van der Waals surface area (Å²) >= 11 is 6.77. The van der Waals surface area contributed by atoms with Gasteiger partial charge in [-0.2, -0.15) is 10.2 Å². The number of methoxy groups -OCH3 is 2. The molecule has 230 valence electrons. The normalized spacial score (nSPS) is 11.9. The first-order valence-electron chi connectivity index (χ1n) is 13.2. The van der Waals surface area contributed by atoms with Crippen LogP contribution in [0.4, 0.5) is 0 Å². The molecule has 3 aromatic rings. The van der Waals surface area contributed by atoms with Gasteiger partial charge in [0.1, 0.15) is 23.0 Å². The number of rotatable bonds is 14. The van der Waals surface area contributed by atoms with E-state index in [0.717, 1.165) is 22.3 Å². The number of benzene rings is 3. The van der Waals surface area contributed by atoms with Gasteiger partial charge in [0, 0.05) is 0 Å². The number of hydrogen-bond donors (Lipinski definition) is 2. The minimum Gasteiger partial charge on any atom is -0.497 e. The van der Waals surface area contributed by atoms with Gasteiger partial charge >= 0.3 is 0 Å². The Morgan fingerprint density at radius 1 is 0.682 bits per heavy atom. The zero-order valence-corrected chi connectivity index (χ0v) is 27.8. The Bertz CT molecular complexity index is 1450. The highest BCUT2D eigenvalue weighted by molar-refractivity contribution is 9.11. The van der Waals surface area contributed by atoms with Gasteiger partial charge < -0.3 is 18.9 Å². The molecule has 0 aliphatic rings. The second-order valence-corrected chi connectivity index (χ2v) is 10.9. The fourth-order valence-corrected chi connectivity index (χ4v) is 4.45. The first-order valence-corrected chi connectivity index (χ1v) is 14.8. The SMILES string of the molecule is COc1ccc(OCC(=O)N/N=C\C(C)=C/c2ccc(/C=C(C)\C=N/NC(=O)COc3ccc(OC)cc3Br)cc2)c(Br)c1. The van der Waals surface area contributed by atoms with Crippen LogP contribution in [0.1, 0.15) is 25.0 Å². The van der Waals surface area contributed by atoms with E-state index < -0.39 is 0 Å². The van der Waals surface area contributed by atoms with Crippen LogP contribution in [-0.2, 0) is 9.59 Å². The number of hydrogen-bond acceptors (Lipinski definition) is 8. The Labute approximate surface area is 273 Å². The van der Waals surface area contributed by atoms with Gasteiger partial charge in [0.2, 0.25) is 0 Å². The smallest absolute Gasteiger partial charge is 0.277 e. The van der Waals surface area contributed by atoms with Gasteiger partial charge in [-0.1, -0.05) is 36.4 Å². The molecule has 0 spiro atoms. The van der Waals surface area contributed by atoms with Crippen LogP contribution in [0, 0.1) is 0 Å². The van der Waals surface area contributed by atoms with Crippen LogP contribution < -0.4 is 29.8 Å². The summed E-state index contributed by atoms with van der Waals surface area (Å²) in [4.78, 5) is 24.1. The second-order valence-electron chi connectivity index (χ2n) is 9.20. The zero-order valence-electron chi connectivity index (χ0n) is 24.6. The monoisotopic (exact) mass is 726 g/mol. The lowest BCUT2D eigenvalue weighted by molar-refractivity contribution is -0.123. The molecule has 0 unspecified atom stereocenters. The molecule has 3 rings (SSSR count). The molecule has 0 bridgehead atoms. The van der Waals surface area contributed by atoms with Crippen LogP contribution >= 0.6 is 31.9 Å². The Hall–Kier alpha value is -4.42. The molecule has 0 aliphatic carbocycles. The summed E-state index contributed by atoms with van der Waals surface area (Å²) in [5.74, 6) is 1.62. The molecule has 0 aliphatic heterocycles. The van der Waals surface area contributed by atoms with Crippen LogP contribution in [-0.4, -0.2) is 51.7 Å². The highest BCUT2D eigenvalue weighted by Gasteiger charge is 2.07. The van der Waals surface area contributed by atoms with Gasteiger partial charge in [0.15, 0.2) is 13.2 Å². The second kappa shape index (κ2) is 17.6. The molecule has 0 fully saturated rings. The third kappa shape index (κ3) is 11.7. The molecule has 44 heavy (non-hydrogen) atoms. The van der Waals surface area contributed by atoms with E-state index >= 15 is 0 Å². The van der Waals surface area contributed by atoms with E-state index in [2.05, 4.69) is 52.9 Å². The molecule has 3 aromatic carbocycles. The van der Waals surface area contributed by atoms with E-state index in [-0.39, 0.29) is 25.0 Å². The molecule has 0 heterocycles. The van der Waals surface area contributed by atoms with Gasteiger partial charge in [-0.15, -0.1) is 0 Å². The third-order valence-corrected chi connectivity index (χ3v) is 6.88. The van der Waals surface area contributed by atoms with Crippen LogP contribution in [0.2, 0.25) is 0 Å². The lowest BCUT2D eigenvalue weighted by atomic mass is 10.1. The molecule has 0 saturated heterocycles. The number of nitrogens with zero attached hydrogens (tertiary/aromatic N) is 2. The van der Waals surface area contributed by atoms with Crippen LogP contribution in [0.15, 0.2) is 91.0 Å². The average molecular weight is 728 g/mol. The zero-order chi connectivity index (χ0) is 31.9. The van der Waals surface area contributed by atoms with Crippen LogP contribution in [0.5, 0.6) is 23.0 Å². The van der Waals surface area contributed by atoms with Crippen molar-refractivity contribution in [2.24, 2.45) is 10.2 Å². The number of hydrazone groups is 2. The Morgan fingerprint density at radius 2 is 1.07 bits per heavy atom. The van der Waals surface area contributed by atoms with Crippen molar-refractivity contribution in [3.8, 4) is 23.0 Å². The number of allylic oxidation sites excluding steroid dienone is 2. The van der Waals surface area contributed by atoms with Gasteiger partial charge in [0.05, 0.1) is 35.6 Å². The molecular weight excluding hydrogens is 696 g/mol. The number of ether oxygens (including phenoxy) is 4. The minimum absolute atomic E-state index is 0.187. The maximum absolute atomic E-state index is 12.1. The van der Waals surface area contributed by atoms with Crippen molar-refractivity contribution < 1.29 is 28.5 Å². The number of carbonyl (C=O) groups excluding carboxylic acids is 2. The van der Waals surface area contributed by atoms with Crippen molar-refractivity contribution in [2.75, 3.05) is 27.4 Å². The number of halogens is 2. The van der Waals surface area contributed by atoms with Gasteiger partial charge in [-0.05, 0) is 104 Å². The van der Waals surface area contributed by atoms with E-state index in [9.17, 15) is 9.59 Å². The summed E-state index contributed by atoms with van der Waals surface area (Å²) in [7, 11) is 3.15. The lowest BCUT2D eigenvalue weighted by Crippen LogP contribution is -2.24. The van der Waals surface area contributed by atoms with Crippen LogP contribution in [0.3, 0.4) is 0 Å². The molecule has 0 radical (unpaired) electrons. The molecule has 2 amide bonds. The van der Waals surface area contributed by atoms with Crippen molar-refractivity contribution in [1.29, 1.82) is 0 Å². The molecule has 12 heteroatoms. The summed E-state index contributed by atoms with van der Waals surface area (Å²) < 4.78 is 22.7. The van der Waals surface area contributed by atoms with Crippen LogP contribution in [0.25, 0.3) is 12.2 Å². The quantitative estimate of drug-likeness (QED) is 0.147. The topological polar surface area (TPSA) is 120 Å². The number of carbonyl (C=O) groups is 2. The van der Waals surface area contributed by atoms with E-state index in [1.54, 1.807) is 63.0 Å². The maximum atomic E-state index is 12.1. The number of amides is 2.